The molecule has 0 unspecified atom stereocenters. The zero-order valence-electron chi connectivity index (χ0n) is 10.7. The van der Waals surface area contributed by atoms with E-state index in [1.54, 1.807) is 4.90 Å². The molecule has 0 N–H and O–H groups in total. The molecule has 0 aromatic heterocycles. The highest BCUT2D eigenvalue weighted by Gasteiger charge is 2.27. The number of halogens is 1. The van der Waals surface area contributed by atoms with Crippen LogP contribution in [0.15, 0.2) is 30.3 Å². The summed E-state index contributed by atoms with van der Waals surface area (Å²) in [6, 6.07) is 10.7. The lowest BCUT2D eigenvalue weighted by atomic mass is 10.2. The molecule has 1 amide bonds. The van der Waals surface area contributed by atoms with Gasteiger partial charge in [-0.25, -0.2) is 0 Å². The second-order valence-electron chi connectivity index (χ2n) is 4.80. The molecular weight excluding hydrogens is 248 g/mol. The normalized spacial score (nSPS) is 20.0. The van der Waals surface area contributed by atoms with Crippen LogP contribution in [0, 0.1) is 0 Å². The van der Waals surface area contributed by atoms with Crippen molar-refractivity contribution in [1.82, 2.24) is 9.80 Å². The standard InChI is InChI=1S/C14H19ClN2O/c1-16(14(18)9-15)13-7-8-17(11-13)10-12-5-3-2-4-6-12/h2-6,13H,7-11H2,1H3/t13-/m1/s1. The highest BCUT2D eigenvalue weighted by molar-refractivity contribution is 6.27. The molecule has 98 valence electrons. The zero-order valence-corrected chi connectivity index (χ0v) is 11.4. The Hall–Kier alpha value is -1.06. The number of carbonyl (C=O) groups is 1. The van der Waals surface area contributed by atoms with Crippen LogP contribution in [0.4, 0.5) is 0 Å². The number of benzene rings is 1. The summed E-state index contributed by atoms with van der Waals surface area (Å²) < 4.78 is 0. The molecule has 1 fully saturated rings. The number of rotatable bonds is 4. The summed E-state index contributed by atoms with van der Waals surface area (Å²) in [6.45, 7) is 2.94. The van der Waals surface area contributed by atoms with Crippen molar-refractivity contribution >= 4 is 17.5 Å². The first-order chi connectivity index (χ1) is 8.70. The lowest BCUT2D eigenvalue weighted by Gasteiger charge is -2.24. The number of alkyl halides is 1. The average Bonchev–Trinajstić information content (AvgIpc) is 2.86. The molecule has 0 spiro atoms. The van der Waals surface area contributed by atoms with Gasteiger partial charge in [0, 0.05) is 32.7 Å². The van der Waals surface area contributed by atoms with Crippen molar-refractivity contribution in [2.75, 3.05) is 26.0 Å². The Bertz CT molecular complexity index is 396. The highest BCUT2D eigenvalue weighted by atomic mass is 35.5. The van der Waals surface area contributed by atoms with Gasteiger partial charge >= 0.3 is 0 Å². The molecule has 1 atom stereocenters. The van der Waals surface area contributed by atoms with Gasteiger partial charge in [-0.2, -0.15) is 0 Å². The molecular formula is C14H19ClN2O. The maximum absolute atomic E-state index is 11.5. The third-order valence-corrected chi connectivity index (χ3v) is 3.78. The molecule has 1 aliphatic heterocycles. The summed E-state index contributed by atoms with van der Waals surface area (Å²) >= 11 is 5.59. The van der Waals surface area contributed by atoms with E-state index in [1.165, 1.54) is 5.56 Å². The molecule has 0 radical (unpaired) electrons. The smallest absolute Gasteiger partial charge is 0.237 e. The first-order valence-electron chi connectivity index (χ1n) is 6.28. The predicted octanol–water partition coefficient (Wildman–Crippen LogP) is 1.96. The maximum Gasteiger partial charge on any atom is 0.237 e. The van der Waals surface area contributed by atoms with E-state index in [1.807, 2.05) is 13.1 Å². The first kappa shape index (κ1) is 13.4. The van der Waals surface area contributed by atoms with Gasteiger partial charge in [0.2, 0.25) is 5.91 Å². The lowest BCUT2D eigenvalue weighted by molar-refractivity contribution is -0.129. The second kappa shape index (κ2) is 6.21. The van der Waals surface area contributed by atoms with Crippen LogP contribution >= 0.6 is 11.6 Å². The van der Waals surface area contributed by atoms with E-state index < -0.39 is 0 Å². The van der Waals surface area contributed by atoms with E-state index in [0.29, 0.717) is 6.04 Å². The predicted molar refractivity (Wildman–Crippen MR) is 73.6 cm³/mol. The molecule has 1 saturated heterocycles. The van der Waals surface area contributed by atoms with E-state index in [4.69, 9.17) is 11.6 Å². The molecule has 0 aliphatic carbocycles. The van der Waals surface area contributed by atoms with Crippen LogP contribution in [-0.2, 0) is 11.3 Å². The lowest BCUT2D eigenvalue weighted by Crippen LogP contribution is -2.39. The van der Waals surface area contributed by atoms with Crippen LogP contribution in [0.1, 0.15) is 12.0 Å². The summed E-state index contributed by atoms with van der Waals surface area (Å²) in [5.74, 6) is 0.0920. The van der Waals surface area contributed by atoms with Gasteiger partial charge in [0.25, 0.3) is 0 Å². The minimum absolute atomic E-state index is 0.0169. The van der Waals surface area contributed by atoms with Gasteiger partial charge in [-0.05, 0) is 12.0 Å². The Balaban J connectivity index is 1.87. The second-order valence-corrected chi connectivity index (χ2v) is 5.07. The van der Waals surface area contributed by atoms with Crippen molar-refractivity contribution in [2.45, 2.75) is 19.0 Å². The molecule has 0 saturated carbocycles. The van der Waals surface area contributed by atoms with Crippen LogP contribution in [0.2, 0.25) is 0 Å². The molecule has 0 bridgehead atoms. The average molecular weight is 267 g/mol. The van der Waals surface area contributed by atoms with Crippen LogP contribution in [0.25, 0.3) is 0 Å². The van der Waals surface area contributed by atoms with Crippen molar-refractivity contribution in [1.29, 1.82) is 0 Å². The van der Waals surface area contributed by atoms with Crippen LogP contribution in [0.5, 0.6) is 0 Å². The Morgan fingerprint density at radius 2 is 2.17 bits per heavy atom. The Morgan fingerprint density at radius 3 is 2.83 bits per heavy atom. The van der Waals surface area contributed by atoms with Crippen molar-refractivity contribution < 1.29 is 4.79 Å². The quantitative estimate of drug-likeness (QED) is 0.778. The minimum Gasteiger partial charge on any atom is -0.340 e. The number of nitrogens with zero attached hydrogens (tertiary/aromatic N) is 2. The van der Waals surface area contributed by atoms with E-state index in [2.05, 4.69) is 29.2 Å². The summed E-state index contributed by atoms with van der Waals surface area (Å²) in [7, 11) is 1.85. The molecule has 2 rings (SSSR count). The molecule has 1 aromatic carbocycles. The molecule has 1 aliphatic rings. The molecule has 18 heavy (non-hydrogen) atoms. The zero-order chi connectivity index (χ0) is 13.0. The van der Waals surface area contributed by atoms with E-state index >= 15 is 0 Å². The number of hydrogen-bond donors (Lipinski definition) is 0. The highest BCUT2D eigenvalue weighted by Crippen LogP contribution is 2.17. The molecule has 3 nitrogen and oxygen atoms in total. The summed E-state index contributed by atoms with van der Waals surface area (Å²) in [5, 5.41) is 0. The van der Waals surface area contributed by atoms with Crippen molar-refractivity contribution in [3.05, 3.63) is 35.9 Å². The van der Waals surface area contributed by atoms with Gasteiger partial charge in [0.15, 0.2) is 0 Å². The van der Waals surface area contributed by atoms with Crippen LogP contribution in [0.3, 0.4) is 0 Å². The maximum atomic E-state index is 11.5. The molecule has 1 aromatic rings. The number of likely N-dealkylation sites (N-methyl/N-ethyl adjacent to an activating group) is 1. The third kappa shape index (κ3) is 3.24. The fraction of sp³-hybridized carbons (Fsp3) is 0.500. The number of likely N-dealkylation sites (tertiary alicyclic amines) is 1. The van der Waals surface area contributed by atoms with E-state index in [-0.39, 0.29) is 11.8 Å². The van der Waals surface area contributed by atoms with Gasteiger partial charge in [-0.3, -0.25) is 9.69 Å². The number of amides is 1. The van der Waals surface area contributed by atoms with Gasteiger partial charge in [0.1, 0.15) is 5.88 Å². The Labute approximate surface area is 113 Å². The van der Waals surface area contributed by atoms with Gasteiger partial charge in [-0.15, -0.1) is 11.6 Å². The fourth-order valence-corrected chi connectivity index (χ4v) is 2.60. The van der Waals surface area contributed by atoms with E-state index in [0.717, 1.165) is 26.1 Å². The SMILES string of the molecule is CN(C(=O)CCl)[C@@H]1CCN(Cc2ccccc2)C1. The Morgan fingerprint density at radius 1 is 1.44 bits per heavy atom. The number of hydrogen-bond acceptors (Lipinski definition) is 2. The minimum atomic E-state index is 0.0169. The molecule has 1 heterocycles. The van der Waals surface area contributed by atoms with Crippen LogP contribution < -0.4 is 0 Å². The first-order valence-corrected chi connectivity index (χ1v) is 6.82. The Kier molecular flexibility index (Phi) is 4.61. The monoisotopic (exact) mass is 266 g/mol. The fourth-order valence-electron chi connectivity index (χ4n) is 2.41. The summed E-state index contributed by atoms with van der Waals surface area (Å²) in [6.07, 6.45) is 1.03. The number of carbonyl (C=O) groups excluding carboxylic acids is 1. The molecule has 4 heteroatoms. The largest absolute Gasteiger partial charge is 0.340 e. The summed E-state index contributed by atoms with van der Waals surface area (Å²) in [4.78, 5) is 15.7. The summed E-state index contributed by atoms with van der Waals surface area (Å²) in [5.41, 5.74) is 1.32. The van der Waals surface area contributed by atoms with Crippen molar-refractivity contribution in [2.24, 2.45) is 0 Å². The van der Waals surface area contributed by atoms with Gasteiger partial charge in [-0.1, -0.05) is 30.3 Å². The van der Waals surface area contributed by atoms with Crippen LogP contribution in [-0.4, -0.2) is 47.8 Å². The van der Waals surface area contributed by atoms with Crippen molar-refractivity contribution in [3.63, 3.8) is 0 Å². The van der Waals surface area contributed by atoms with Gasteiger partial charge < -0.3 is 4.90 Å². The van der Waals surface area contributed by atoms with Gasteiger partial charge in [0.05, 0.1) is 0 Å². The van der Waals surface area contributed by atoms with E-state index in [9.17, 15) is 4.79 Å². The third-order valence-electron chi connectivity index (χ3n) is 3.55. The topological polar surface area (TPSA) is 23.6 Å². The van der Waals surface area contributed by atoms with Crippen molar-refractivity contribution in [3.8, 4) is 0 Å².